The van der Waals surface area contributed by atoms with Gasteiger partial charge >= 0.3 is 43.4 Å². The Morgan fingerprint density at radius 3 is 1.29 bits per heavy atom. The topological polar surface area (TPSA) is 0 Å². The number of halogens is 2. The van der Waals surface area contributed by atoms with Crippen molar-refractivity contribution < 1.29 is 68.2 Å². The molecule has 0 heterocycles. The molecule has 0 fully saturated rings. The summed E-state index contributed by atoms with van der Waals surface area (Å²) in [6.45, 7) is 14.3. The molecule has 0 bridgehead atoms. The maximum Gasteiger partial charge on any atom is 2.00 e. The van der Waals surface area contributed by atoms with Gasteiger partial charge in [-0.3, -0.25) is 12.2 Å². The van der Waals surface area contributed by atoms with E-state index in [9.17, 15) is 0 Å². The largest absolute Gasteiger partial charge is 2.00 e. The van der Waals surface area contributed by atoms with E-state index in [4.69, 9.17) is 0 Å². The molecule has 0 atom stereocenters. The molecule has 8 heteroatoms. The van der Waals surface area contributed by atoms with Crippen LogP contribution in [0.4, 0.5) is 0 Å². The van der Waals surface area contributed by atoms with Crippen molar-refractivity contribution in [1.29, 1.82) is 0 Å². The average Bonchev–Trinajstić information content (AvgIpc) is 3.66. The van der Waals surface area contributed by atoms with Gasteiger partial charge in [0.25, 0.3) is 0 Å². The summed E-state index contributed by atoms with van der Waals surface area (Å²) < 4.78 is 0. The summed E-state index contributed by atoms with van der Waals surface area (Å²) in [6.07, 6.45) is 23.3. The number of hydrogen-bond donors (Lipinski definition) is 0. The van der Waals surface area contributed by atoms with Crippen LogP contribution in [0.25, 0.3) is 0 Å². The van der Waals surface area contributed by atoms with E-state index in [0.29, 0.717) is 0 Å². The van der Waals surface area contributed by atoms with Crippen LogP contribution in [0, 0.1) is 12.2 Å². The zero-order chi connectivity index (χ0) is 27.4. The van der Waals surface area contributed by atoms with Crippen LogP contribution in [0.2, 0.25) is 26.2 Å². The Kier molecular flexibility index (Phi) is 24.4. The number of allylic oxidation sites excluding steroid dienone is 8. The number of thioether (sulfide) groups is 2. The molecule has 2 aromatic carbocycles. The van der Waals surface area contributed by atoms with Gasteiger partial charge in [0.2, 0.25) is 0 Å². The van der Waals surface area contributed by atoms with E-state index in [2.05, 4.69) is 125 Å². The maximum absolute atomic E-state index is 3.55. The van der Waals surface area contributed by atoms with Crippen molar-refractivity contribution in [3.63, 3.8) is 0 Å². The molecule has 2 aliphatic rings. The molecular weight excluding hydrogens is 695 g/mol. The summed E-state index contributed by atoms with van der Waals surface area (Å²) in [5.41, 5.74) is 0. The standard InChI is InChI=1S/2C17H23SSi.2ClH.2Ti/c2*1-4-5-14-18-16-12-8-9-13-17(16)19(2,3)15-10-6-7-11-15;;;;/h2*6,8-10,12-13H,4-5,7,14H2,1-3H3;2*1H;;/q2*-1;;;2*+2/p-2. The molecule has 4 rings (SSSR count). The van der Waals surface area contributed by atoms with E-state index in [0.717, 1.165) is 12.8 Å². The van der Waals surface area contributed by atoms with Crippen molar-refractivity contribution in [1.82, 2.24) is 0 Å². The zero-order valence-electron chi connectivity index (χ0n) is 26.2. The Morgan fingerprint density at radius 2 is 0.976 bits per heavy atom. The monoisotopic (exact) mass is 740 g/mol. The van der Waals surface area contributed by atoms with Crippen molar-refractivity contribution >= 4 is 50.0 Å². The molecule has 0 saturated heterocycles. The molecule has 0 radical (unpaired) electrons. The van der Waals surface area contributed by atoms with Crippen molar-refractivity contribution in [3.8, 4) is 0 Å². The third-order valence-electron chi connectivity index (χ3n) is 7.37. The molecule has 224 valence electrons. The summed E-state index contributed by atoms with van der Waals surface area (Å²) in [5.74, 6) is 2.47. The molecule has 0 saturated carbocycles. The normalized spacial score (nSPS) is 13.4. The van der Waals surface area contributed by atoms with Crippen molar-refractivity contribution in [2.75, 3.05) is 11.5 Å². The van der Waals surface area contributed by atoms with Gasteiger partial charge < -0.3 is 24.8 Å². The first kappa shape index (κ1) is 44.7. The molecule has 2 aromatic rings. The molecule has 0 aliphatic heterocycles. The van der Waals surface area contributed by atoms with Gasteiger partial charge in [-0.2, -0.15) is 12.2 Å². The minimum Gasteiger partial charge on any atom is -1.00 e. The molecule has 2 aliphatic carbocycles. The fourth-order valence-corrected chi connectivity index (χ4v) is 14.1. The van der Waals surface area contributed by atoms with Gasteiger partial charge in [-0.15, -0.1) is 36.4 Å². The van der Waals surface area contributed by atoms with Gasteiger partial charge in [0.05, 0.1) is 16.1 Å². The van der Waals surface area contributed by atoms with Crippen LogP contribution < -0.4 is 35.2 Å². The second-order valence-corrected chi connectivity index (χ2v) is 22.0. The Hall–Kier alpha value is 0.542. The molecule has 0 amide bonds. The second-order valence-electron chi connectivity index (χ2n) is 11.0. The Morgan fingerprint density at radius 1 is 0.619 bits per heavy atom. The third kappa shape index (κ3) is 12.7. The van der Waals surface area contributed by atoms with E-state index >= 15 is 0 Å². The minimum atomic E-state index is -1.55. The minimum absolute atomic E-state index is 0. The van der Waals surface area contributed by atoms with Crippen LogP contribution in [0.15, 0.2) is 93.0 Å². The van der Waals surface area contributed by atoms with Gasteiger partial charge in [-0.1, -0.05) is 89.3 Å². The van der Waals surface area contributed by atoms with E-state index in [1.54, 1.807) is 10.4 Å². The van der Waals surface area contributed by atoms with Crippen LogP contribution in [0.1, 0.15) is 52.4 Å². The second kappa shape index (κ2) is 23.0. The first-order valence-corrected chi connectivity index (χ1v) is 22.3. The van der Waals surface area contributed by atoms with Crippen LogP contribution in [-0.2, 0) is 43.4 Å². The average molecular weight is 742 g/mol. The van der Waals surface area contributed by atoms with Crippen LogP contribution in [0.5, 0.6) is 0 Å². The fourth-order valence-electron chi connectivity index (χ4n) is 4.83. The van der Waals surface area contributed by atoms with Crippen molar-refractivity contribution in [2.24, 2.45) is 0 Å². The Labute approximate surface area is 310 Å². The zero-order valence-corrected chi connectivity index (χ0v) is 34.4. The number of rotatable bonds is 12. The predicted molar refractivity (Wildman–Crippen MR) is 179 cm³/mol. The third-order valence-corrected chi connectivity index (χ3v) is 17.0. The Balaban J connectivity index is 0. The van der Waals surface area contributed by atoms with Crippen molar-refractivity contribution in [3.05, 3.63) is 95.4 Å². The van der Waals surface area contributed by atoms with E-state index in [1.165, 1.54) is 57.4 Å². The number of unbranched alkanes of at least 4 members (excludes halogenated alkanes) is 2. The molecule has 0 N–H and O–H groups in total. The van der Waals surface area contributed by atoms with Crippen molar-refractivity contribution in [2.45, 2.75) is 88.4 Å². The van der Waals surface area contributed by atoms with Crippen LogP contribution >= 0.6 is 23.5 Å². The van der Waals surface area contributed by atoms with Gasteiger partial charge in [0.1, 0.15) is 0 Å². The summed E-state index contributed by atoms with van der Waals surface area (Å²) in [7, 11) is -3.11. The smallest absolute Gasteiger partial charge is 1.00 e. The summed E-state index contributed by atoms with van der Waals surface area (Å²) in [6, 6.07) is 18.0. The SMILES string of the molecule is CCCCSc1ccccc1[Si](C)(C)C1=[C-]CC=C1.CCCCSc1ccccc1[Si](C)(C)C1=[C-]CC=C1.[Cl-].[Cl-].[Ti+2].[Ti+2]. The predicted octanol–water partition coefficient (Wildman–Crippen LogP) is 3.45. The first-order valence-electron chi connectivity index (χ1n) is 14.3. The van der Waals surface area contributed by atoms with Gasteiger partial charge in [-0.05, 0) is 46.9 Å². The fraction of sp³-hybridized carbons (Fsp3) is 0.412. The molecule has 0 aromatic heterocycles. The quantitative estimate of drug-likeness (QED) is 0.142. The summed E-state index contributed by atoms with van der Waals surface area (Å²) in [5, 5.41) is 6.09. The maximum atomic E-state index is 3.55. The van der Waals surface area contributed by atoms with Gasteiger partial charge in [0, 0.05) is 9.79 Å². The van der Waals surface area contributed by atoms with Crippen LogP contribution in [-0.4, -0.2) is 27.7 Å². The molecule has 0 nitrogen and oxygen atoms in total. The van der Waals surface area contributed by atoms with E-state index in [-0.39, 0.29) is 68.2 Å². The molecule has 42 heavy (non-hydrogen) atoms. The number of hydrogen-bond acceptors (Lipinski definition) is 2. The Bertz CT molecular complexity index is 1090. The van der Waals surface area contributed by atoms with Gasteiger partial charge in [0.15, 0.2) is 0 Å². The summed E-state index contributed by atoms with van der Waals surface area (Å²) >= 11 is 4.05. The van der Waals surface area contributed by atoms with E-state index in [1.807, 2.05) is 23.5 Å². The molecular formula is C34H46Cl2S2Si2Ti2. The van der Waals surface area contributed by atoms with Crippen LogP contribution in [0.3, 0.4) is 0 Å². The first-order chi connectivity index (χ1) is 18.3. The summed E-state index contributed by atoms with van der Waals surface area (Å²) in [4.78, 5) is 2.98. The molecule has 0 spiro atoms. The van der Waals surface area contributed by atoms with Gasteiger partial charge in [-0.25, -0.2) is 22.5 Å². The molecule has 0 unspecified atom stereocenters. The number of benzene rings is 2. The van der Waals surface area contributed by atoms with E-state index < -0.39 is 16.1 Å².